The van der Waals surface area contributed by atoms with Gasteiger partial charge in [0.05, 0.1) is 18.9 Å². The number of benzene rings is 2. The van der Waals surface area contributed by atoms with Gasteiger partial charge < -0.3 is 15.4 Å². The van der Waals surface area contributed by atoms with Crippen LogP contribution in [0.4, 0.5) is 10.8 Å². The van der Waals surface area contributed by atoms with Crippen molar-refractivity contribution in [2.75, 3.05) is 18.2 Å². The largest absolute Gasteiger partial charge is 0.497 e. The van der Waals surface area contributed by atoms with Crippen LogP contribution in [0, 0.1) is 0 Å². The van der Waals surface area contributed by atoms with E-state index in [1.165, 1.54) is 34.2 Å². The van der Waals surface area contributed by atoms with Crippen molar-refractivity contribution < 1.29 is 9.53 Å². The predicted octanol–water partition coefficient (Wildman–Crippen LogP) is 4.58. The van der Waals surface area contributed by atoms with Crippen molar-refractivity contribution in [1.82, 2.24) is 15.5 Å². The molecule has 1 amide bonds. The van der Waals surface area contributed by atoms with Crippen LogP contribution in [0.3, 0.4) is 0 Å². The molecule has 1 aliphatic carbocycles. The van der Waals surface area contributed by atoms with Crippen LogP contribution in [0.1, 0.15) is 30.0 Å². The predicted molar refractivity (Wildman–Crippen MR) is 117 cm³/mol. The molecular formula is C21H22N4O2S2. The highest BCUT2D eigenvalue weighted by Crippen LogP contribution is 2.31. The van der Waals surface area contributed by atoms with E-state index in [1.54, 1.807) is 7.11 Å². The molecule has 0 fully saturated rings. The molecule has 1 heterocycles. The molecule has 0 spiro atoms. The highest BCUT2D eigenvalue weighted by atomic mass is 32.2. The summed E-state index contributed by atoms with van der Waals surface area (Å²) >= 11 is 2.83. The summed E-state index contributed by atoms with van der Waals surface area (Å²) in [5.41, 5.74) is 3.47. The van der Waals surface area contributed by atoms with Crippen LogP contribution in [0.25, 0.3) is 0 Å². The van der Waals surface area contributed by atoms with Crippen molar-refractivity contribution in [3.05, 3.63) is 59.7 Å². The molecule has 0 saturated heterocycles. The van der Waals surface area contributed by atoms with Gasteiger partial charge in [0.2, 0.25) is 11.0 Å². The molecule has 0 aliphatic heterocycles. The Hall–Kier alpha value is -2.58. The molecule has 1 aliphatic rings. The number of nitrogens with zero attached hydrogens (tertiary/aromatic N) is 2. The van der Waals surface area contributed by atoms with Crippen molar-refractivity contribution in [2.24, 2.45) is 0 Å². The molecule has 150 valence electrons. The van der Waals surface area contributed by atoms with Gasteiger partial charge in [-0.1, -0.05) is 53.4 Å². The molecule has 29 heavy (non-hydrogen) atoms. The number of amides is 1. The molecule has 6 nitrogen and oxygen atoms in total. The maximum absolute atomic E-state index is 12.5. The summed E-state index contributed by atoms with van der Waals surface area (Å²) in [6.45, 7) is 0. The fourth-order valence-electron chi connectivity index (χ4n) is 3.41. The summed E-state index contributed by atoms with van der Waals surface area (Å²) in [5.74, 6) is 1.12. The smallest absolute Gasteiger partial charge is 0.230 e. The van der Waals surface area contributed by atoms with E-state index in [1.807, 2.05) is 30.3 Å². The summed E-state index contributed by atoms with van der Waals surface area (Å²) in [6.07, 6.45) is 3.18. The van der Waals surface area contributed by atoms with E-state index in [0.29, 0.717) is 10.9 Å². The van der Waals surface area contributed by atoms with E-state index in [2.05, 4.69) is 39.0 Å². The SMILES string of the molecule is COc1cccc(Nc2nnc(SCC(=O)NC3CCCc4ccccc43)s2)c1. The first-order valence-corrected chi connectivity index (χ1v) is 11.3. The number of carbonyl (C=O) groups is 1. The average Bonchev–Trinajstić information content (AvgIpc) is 3.20. The van der Waals surface area contributed by atoms with E-state index in [0.717, 1.165) is 35.0 Å². The first-order chi connectivity index (χ1) is 14.2. The van der Waals surface area contributed by atoms with E-state index in [-0.39, 0.29) is 11.9 Å². The summed E-state index contributed by atoms with van der Waals surface area (Å²) in [7, 11) is 1.63. The highest BCUT2D eigenvalue weighted by Gasteiger charge is 2.21. The summed E-state index contributed by atoms with van der Waals surface area (Å²) in [5, 5.41) is 15.4. The van der Waals surface area contributed by atoms with Gasteiger partial charge in [-0.3, -0.25) is 4.79 Å². The van der Waals surface area contributed by atoms with Crippen LogP contribution >= 0.6 is 23.1 Å². The summed E-state index contributed by atoms with van der Waals surface area (Å²) < 4.78 is 5.98. The van der Waals surface area contributed by atoms with Gasteiger partial charge in [-0.15, -0.1) is 10.2 Å². The number of aryl methyl sites for hydroxylation is 1. The monoisotopic (exact) mass is 426 g/mol. The van der Waals surface area contributed by atoms with Crippen LogP contribution in [0.2, 0.25) is 0 Å². The Kier molecular flexibility index (Phi) is 6.31. The Bertz CT molecular complexity index is 992. The molecular weight excluding hydrogens is 404 g/mol. The zero-order chi connectivity index (χ0) is 20.1. The van der Waals surface area contributed by atoms with Gasteiger partial charge in [-0.05, 0) is 42.5 Å². The standard InChI is InChI=1S/C21H22N4O2S2/c1-27-16-9-5-8-15(12-16)22-20-24-25-21(29-20)28-13-19(26)23-18-11-4-7-14-6-2-3-10-17(14)18/h2-3,5-6,8-10,12,18H,4,7,11,13H2,1H3,(H,22,24)(H,23,26). The van der Waals surface area contributed by atoms with E-state index >= 15 is 0 Å². The Balaban J connectivity index is 1.30. The minimum absolute atomic E-state index is 0.0224. The number of anilines is 2. The van der Waals surface area contributed by atoms with Crippen LogP contribution in [0.5, 0.6) is 5.75 Å². The minimum atomic E-state index is 0.0224. The third-order valence-corrected chi connectivity index (χ3v) is 6.73. The van der Waals surface area contributed by atoms with Crippen molar-refractivity contribution in [3.8, 4) is 5.75 Å². The number of rotatable bonds is 7. The van der Waals surface area contributed by atoms with Crippen molar-refractivity contribution in [1.29, 1.82) is 0 Å². The number of hydrogen-bond donors (Lipinski definition) is 2. The molecule has 1 aromatic heterocycles. The molecule has 2 N–H and O–H groups in total. The van der Waals surface area contributed by atoms with Crippen molar-refractivity contribution in [3.63, 3.8) is 0 Å². The Morgan fingerprint density at radius 3 is 3.03 bits per heavy atom. The van der Waals surface area contributed by atoms with Gasteiger partial charge in [-0.2, -0.15) is 0 Å². The number of hydrogen-bond acceptors (Lipinski definition) is 7. The van der Waals surface area contributed by atoms with Crippen molar-refractivity contribution >= 4 is 39.8 Å². The average molecular weight is 427 g/mol. The molecule has 1 atom stereocenters. The van der Waals surface area contributed by atoms with Crippen LogP contribution in [-0.2, 0) is 11.2 Å². The van der Waals surface area contributed by atoms with E-state index < -0.39 is 0 Å². The van der Waals surface area contributed by atoms with Gasteiger partial charge in [-0.25, -0.2) is 0 Å². The third-order valence-electron chi connectivity index (χ3n) is 4.76. The number of nitrogens with one attached hydrogen (secondary N) is 2. The lowest BCUT2D eigenvalue weighted by Crippen LogP contribution is -2.32. The number of carbonyl (C=O) groups excluding carboxylic acids is 1. The first-order valence-electron chi connectivity index (χ1n) is 9.46. The van der Waals surface area contributed by atoms with Crippen LogP contribution in [-0.4, -0.2) is 29.0 Å². The Morgan fingerprint density at radius 1 is 1.24 bits per heavy atom. The molecule has 1 unspecified atom stereocenters. The lowest BCUT2D eigenvalue weighted by Gasteiger charge is -2.26. The minimum Gasteiger partial charge on any atom is -0.497 e. The van der Waals surface area contributed by atoms with Crippen LogP contribution < -0.4 is 15.4 Å². The third kappa shape index (κ3) is 5.07. The lowest BCUT2D eigenvalue weighted by molar-refractivity contribution is -0.119. The number of fused-ring (bicyclic) bond motifs is 1. The molecule has 0 bridgehead atoms. The maximum Gasteiger partial charge on any atom is 0.230 e. The van der Waals surface area contributed by atoms with Crippen LogP contribution in [0.15, 0.2) is 52.9 Å². The molecule has 8 heteroatoms. The fourth-order valence-corrected chi connectivity index (χ4v) is 4.99. The quantitative estimate of drug-likeness (QED) is 0.539. The topological polar surface area (TPSA) is 76.1 Å². The molecule has 0 saturated carbocycles. The van der Waals surface area contributed by atoms with Gasteiger partial charge in [0.15, 0.2) is 4.34 Å². The van der Waals surface area contributed by atoms with Gasteiger partial charge in [0.25, 0.3) is 0 Å². The Labute approximate surface area is 178 Å². The first kappa shape index (κ1) is 19.7. The van der Waals surface area contributed by atoms with Gasteiger partial charge >= 0.3 is 0 Å². The maximum atomic E-state index is 12.5. The van der Waals surface area contributed by atoms with Gasteiger partial charge in [0, 0.05) is 11.8 Å². The van der Waals surface area contributed by atoms with E-state index in [4.69, 9.17) is 4.74 Å². The second-order valence-corrected chi connectivity index (χ2v) is 8.93. The zero-order valence-electron chi connectivity index (χ0n) is 16.1. The zero-order valence-corrected chi connectivity index (χ0v) is 17.7. The normalized spacial score (nSPS) is 15.4. The summed E-state index contributed by atoms with van der Waals surface area (Å²) in [4.78, 5) is 12.5. The van der Waals surface area contributed by atoms with E-state index in [9.17, 15) is 4.79 Å². The molecule has 2 aromatic carbocycles. The lowest BCUT2D eigenvalue weighted by atomic mass is 9.88. The van der Waals surface area contributed by atoms with Gasteiger partial charge in [0.1, 0.15) is 5.75 Å². The number of aromatic nitrogens is 2. The second kappa shape index (κ2) is 9.28. The Morgan fingerprint density at radius 2 is 2.14 bits per heavy atom. The number of methoxy groups -OCH3 is 1. The fraction of sp³-hybridized carbons (Fsp3) is 0.286. The summed E-state index contributed by atoms with van der Waals surface area (Å²) in [6, 6.07) is 16.1. The molecule has 4 rings (SSSR count). The van der Waals surface area contributed by atoms with Crippen molar-refractivity contribution in [2.45, 2.75) is 29.6 Å². The highest BCUT2D eigenvalue weighted by molar-refractivity contribution is 8.01. The number of ether oxygens (including phenoxy) is 1. The second-order valence-electron chi connectivity index (χ2n) is 6.73. The molecule has 0 radical (unpaired) electrons. The molecule has 3 aromatic rings. The number of thioether (sulfide) groups is 1.